The Morgan fingerprint density at radius 2 is 2.00 bits per heavy atom. The number of carbonyl (C=O) groups excluding carboxylic acids is 1. The zero-order valence-electron chi connectivity index (χ0n) is 11.2. The van der Waals surface area contributed by atoms with Crippen LogP contribution in [0.3, 0.4) is 0 Å². The number of amides is 1. The summed E-state index contributed by atoms with van der Waals surface area (Å²) >= 11 is 0. The van der Waals surface area contributed by atoms with Gasteiger partial charge in [0.2, 0.25) is 5.91 Å². The van der Waals surface area contributed by atoms with E-state index in [0.29, 0.717) is 24.4 Å². The van der Waals surface area contributed by atoms with E-state index in [1.165, 1.54) is 25.7 Å². The topological polar surface area (TPSA) is 50.4 Å². The molecule has 0 aliphatic carbocycles. The summed E-state index contributed by atoms with van der Waals surface area (Å²) in [5, 5.41) is 6.70. The quantitative estimate of drug-likeness (QED) is 0.786. The van der Waals surface area contributed by atoms with Gasteiger partial charge in [-0.25, -0.2) is 0 Å². The van der Waals surface area contributed by atoms with Gasteiger partial charge in [-0.2, -0.15) is 0 Å². The molecule has 3 saturated heterocycles. The molecule has 0 spiro atoms. The minimum atomic E-state index is 0.183. The molecule has 2 unspecified atom stereocenters. The second-order valence-electron chi connectivity index (χ2n) is 6.76. The fourth-order valence-electron chi connectivity index (χ4n) is 3.54. The fraction of sp³-hybridized carbons (Fsp3) is 0.929. The molecule has 2 bridgehead atoms. The summed E-state index contributed by atoms with van der Waals surface area (Å²) in [5.41, 5.74) is 0.183. The number of rotatable bonds is 4. The van der Waals surface area contributed by atoms with Crippen molar-refractivity contribution in [2.45, 2.75) is 51.1 Å². The van der Waals surface area contributed by atoms with E-state index in [9.17, 15) is 4.79 Å². The summed E-state index contributed by atoms with van der Waals surface area (Å²) < 4.78 is 5.20. The summed E-state index contributed by atoms with van der Waals surface area (Å²) in [6.07, 6.45) is 5.69. The van der Waals surface area contributed by atoms with E-state index in [2.05, 4.69) is 17.6 Å². The molecule has 3 aliphatic rings. The number of fused-ring (bicyclic) bond motifs is 2. The average molecular weight is 252 g/mol. The van der Waals surface area contributed by atoms with Gasteiger partial charge in [-0.15, -0.1) is 0 Å². The molecule has 0 radical (unpaired) electrons. The molecule has 3 aliphatic heterocycles. The Morgan fingerprint density at radius 1 is 1.33 bits per heavy atom. The van der Waals surface area contributed by atoms with Gasteiger partial charge >= 0.3 is 0 Å². The maximum absolute atomic E-state index is 12.0. The first-order valence-corrected chi connectivity index (χ1v) is 7.23. The van der Waals surface area contributed by atoms with Crippen LogP contribution in [0.5, 0.6) is 0 Å². The van der Waals surface area contributed by atoms with Crippen molar-refractivity contribution in [1.82, 2.24) is 10.6 Å². The Labute approximate surface area is 109 Å². The minimum absolute atomic E-state index is 0.183. The predicted molar refractivity (Wildman–Crippen MR) is 69.2 cm³/mol. The standard InChI is InChI=1S/C14H24N2O2/c1-14(8-18-9-14)7-15-13(17)6-10-4-11-2-3-12(5-10)16-11/h10-12,16H,2-9H2,1H3,(H,15,17). The zero-order valence-corrected chi connectivity index (χ0v) is 11.2. The lowest BCUT2D eigenvalue weighted by molar-refractivity contribution is -0.127. The molecule has 3 rings (SSSR count). The first kappa shape index (κ1) is 12.4. The van der Waals surface area contributed by atoms with Crippen molar-refractivity contribution >= 4 is 5.91 Å². The molecule has 18 heavy (non-hydrogen) atoms. The van der Waals surface area contributed by atoms with E-state index in [-0.39, 0.29) is 11.3 Å². The highest BCUT2D eigenvalue weighted by atomic mass is 16.5. The molecule has 4 heteroatoms. The molecule has 102 valence electrons. The highest BCUT2D eigenvalue weighted by Crippen LogP contribution is 2.32. The van der Waals surface area contributed by atoms with Crippen LogP contribution in [0.1, 0.15) is 39.0 Å². The van der Waals surface area contributed by atoms with Gasteiger partial charge in [-0.05, 0) is 31.6 Å². The molecule has 0 aromatic carbocycles. The molecule has 3 fully saturated rings. The number of piperidine rings is 1. The van der Waals surface area contributed by atoms with Crippen molar-refractivity contribution in [3.8, 4) is 0 Å². The van der Waals surface area contributed by atoms with Crippen LogP contribution in [0.15, 0.2) is 0 Å². The Hall–Kier alpha value is -0.610. The molecule has 0 saturated carbocycles. The second kappa shape index (κ2) is 4.82. The molecule has 2 N–H and O–H groups in total. The van der Waals surface area contributed by atoms with E-state index in [1.54, 1.807) is 0 Å². The van der Waals surface area contributed by atoms with Gasteiger partial charge in [0.25, 0.3) is 0 Å². The fourth-order valence-corrected chi connectivity index (χ4v) is 3.54. The summed E-state index contributed by atoms with van der Waals surface area (Å²) in [6.45, 7) is 4.50. The van der Waals surface area contributed by atoms with Gasteiger partial charge in [-0.3, -0.25) is 4.79 Å². The van der Waals surface area contributed by atoms with Crippen molar-refractivity contribution in [3.63, 3.8) is 0 Å². The van der Waals surface area contributed by atoms with Crippen LogP contribution in [-0.4, -0.2) is 37.7 Å². The third kappa shape index (κ3) is 2.69. The third-order valence-corrected chi connectivity index (χ3v) is 4.66. The minimum Gasteiger partial charge on any atom is -0.380 e. The number of ether oxygens (including phenoxy) is 1. The maximum atomic E-state index is 12.0. The van der Waals surface area contributed by atoms with E-state index in [0.717, 1.165) is 19.8 Å². The van der Waals surface area contributed by atoms with Gasteiger partial charge < -0.3 is 15.4 Å². The van der Waals surface area contributed by atoms with Crippen LogP contribution in [-0.2, 0) is 9.53 Å². The van der Waals surface area contributed by atoms with Gasteiger partial charge in [0, 0.05) is 30.5 Å². The SMILES string of the molecule is CC1(CNC(=O)CC2CC3CCC(C2)N3)COC1. The Balaban J connectivity index is 1.41. The summed E-state index contributed by atoms with van der Waals surface area (Å²) in [6, 6.07) is 1.36. The number of nitrogens with one attached hydrogen (secondary N) is 2. The molecule has 2 atom stereocenters. The largest absolute Gasteiger partial charge is 0.380 e. The van der Waals surface area contributed by atoms with Gasteiger partial charge in [0.1, 0.15) is 0 Å². The zero-order chi connectivity index (χ0) is 12.6. The smallest absolute Gasteiger partial charge is 0.220 e. The van der Waals surface area contributed by atoms with E-state index in [4.69, 9.17) is 4.74 Å². The molecular formula is C14H24N2O2. The predicted octanol–water partition coefficient (Wildman–Crippen LogP) is 1.06. The van der Waals surface area contributed by atoms with E-state index in [1.807, 2.05) is 0 Å². The van der Waals surface area contributed by atoms with Gasteiger partial charge in [0.15, 0.2) is 0 Å². The molecule has 1 amide bonds. The van der Waals surface area contributed by atoms with Gasteiger partial charge in [-0.1, -0.05) is 6.92 Å². The van der Waals surface area contributed by atoms with Crippen LogP contribution >= 0.6 is 0 Å². The summed E-state index contributed by atoms with van der Waals surface area (Å²) in [5.74, 6) is 0.823. The Kier molecular flexibility index (Phi) is 3.32. The van der Waals surface area contributed by atoms with Crippen LogP contribution in [0.2, 0.25) is 0 Å². The average Bonchev–Trinajstić information content (AvgIpc) is 2.64. The monoisotopic (exact) mass is 252 g/mol. The summed E-state index contributed by atoms with van der Waals surface area (Å²) in [4.78, 5) is 12.0. The normalized spacial score (nSPS) is 37.1. The molecule has 4 nitrogen and oxygen atoms in total. The van der Waals surface area contributed by atoms with Crippen LogP contribution in [0.25, 0.3) is 0 Å². The molecular weight excluding hydrogens is 228 g/mol. The first-order valence-electron chi connectivity index (χ1n) is 7.23. The van der Waals surface area contributed by atoms with Crippen molar-refractivity contribution in [3.05, 3.63) is 0 Å². The van der Waals surface area contributed by atoms with Gasteiger partial charge in [0.05, 0.1) is 13.2 Å². The Morgan fingerprint density at radius 3 is 2.56 bits per heavy atom. The first-order chi connectivity index (χ1) is 8.63. The molecule has 3 heterocycles. The second-order valence-corrected chi connectivity index (χ2v) is 6.76. The Bertz CT molecular complexity index is 316. The number of carbonyl (C=O) groups is 1. The lowest BCUT2D eigenvalue weighted by atomic mass is 9.87. The van der Waals surface area contributed by atoms with E-state index < -0.39 is 0 Å². The number of hydrogen-bond donors (Lipinski definition) is 2. The lowest BCUT2D eigenvalue weighted by Crippen LogP contribution is -2.49. The highest BCUT2D eigenvalue weighted by Gasteiger charge is 2.36. The van der Waals surface area contributed by atoms with E-state index >= 15 is 0 Å². The molecule has 0 aromatic rings. The van der Waals surface area contributed by atoms with Crippen LogP contribution in [0.4, 0.5) is 0 Å². The summed E-state index contributed by atoms with van der Waals surface area (Å²) in [7, 11) is 0. The maximum Gasteiger partial charge on any atom is 0.220 e. The number of hydrogen-bond acceptors (Lipinski definition) is 3. The third-order valence-electron chi connectivity index (χ3n) is 4.66. The van der Waals surface area contributed by atoms with Crippen LogP contribution in [0, 0.1) is 11.3 Å². The lowest BCUT2D eigenvalue weighted by Gasteiger charge is -2.38. The highest BCUT2D eigenvalue weighted by molar-refractivity contribution is 5.76. The van der Waals surface area contributed by atoms with Crippen molar-refractivity contribution < 1.29 is 9.53 Å². The van der Waals surface area contributed by atoms with Crippen molar-refractivity contribution in [2.24, 2.45) is 11.3 Å². The van der Waals surface area contributed by atoms with Crippen LogP contribution < -0.4 is 10.6 Å². The van der Waals surface area contributed by atoms with Crippen molar-refractivity contribution in [1.29, 1.82) is 0 Å². The molecule has 0 aromatic heterocycles. The van der Waals surface area contributed by atoms with Crippen molar-refractivity contribution in [2.75, 3.05) is 19.8 Å².